The summed E-state index contributed by atoms with van der Waals surface area (Å²) in [5.41, 5.74) is -1.27. The topological polar surface area (TPSA) is 43.1 Å². The highest BCUT2D eigenvalue weighted by Crippen LogP contribution is 2.34. The molecular weight excluding hydrogens is 367 g/mol. The third-order valence-corrected chi connectivity index (χ3v) is 4.20. The predicted octanol–water partition coefficient (Wildman–Crippen LogP) is 4.48. The van der Waals surface area contributed by atoms with Gasteiger partial charge >= 0.3 is 12.4 Å². The summed E-state index contributed by atoms with van der Waals surface area (Å²) in [6.07, 6.45) is -9.57. The Hall–Kier alpha value is -1.91. The van der Waals surface area contributed by atoms with Crippen molar-refractivity contribution in [2.24, 2.45) is 0 Å². The summed E-state index contributed by atoms with van der Waals surface area (Å²) in [6.45, 7) is 1.18. The molecule has 0 bridgehead atoms. The van der Waals surface area contributed by atoms with Gasteiger partial charge in [-0.3, -0.25) is 4.21 Å². The molecule has 0 aliphatic carbocycles. The third-order valence-electron chi connectivity index (χ3n) is 2.85. The van der Waals surface area contributed by atoms with Crippen LogP contribution in [0.25, 0.3) is 11.3 Å². The van der Waals surface area contributed by atoms with Crippen LogP contribution in [0.3, 0.4) is 0 Å². The van der Waals surface area contributed by atoms with Crippen molar-refractivity contribution in [2.75, 3.05) is 5.75 Å². The van der Waals surface area contributed by atoms with E-state index < -0.39 is 51.7 Å². The molecule has 0 amide bonds. The van der Waals surface area contributed by atoms with Gasteiger partial charge in [0.15, 0.2) is 0 Å². The van der Waals surface area contributed by atoms with E-state index in [0.29, 0.717) is 6.07 Å². The average Bonchev–Trinajstić information content (AvgIpc) is 2.89. The second-order valence-electron chi connectivity index (χ2n) is 4.78. The summed E-state index contributed by atoms with van der Waals surface area (Å²) in [5.74, 6) is -4.15. The van der Waals surface area contributed by atoms with E-state index in [1.54, 1.807) is 0 Å². The van der Waals surface area contributed by atoms with Crippen LogP contribution in [0.1, 0.15) is 11.3 Å². The van der Waals surface area contributed by atoms with E-state index in [4.69, 9.17) is 0 Å². The molecule has 0 spiro atoms. The molecule has 1 atom stereocenters. The fourth-order valence-corrected chi connectivity index (χ4v) is 2.84. The lowest BCUT2D eigenvalue weighted by molar-refractivity contribution is -0.155. The molecule has 1 aromatic carbocycles. The van der Waals surface area contributed by atoms with Crippen molar-refractivity contribution in [3.63, 3.8) is 0 Å². The standard InChI is InChI=1S/C13H8F7NO2S/c1-6-2-7(24(22)5-12(15,16)17)3-8(11(6)14)9-4-10(23-21-9)13(18,19)20/h2-4H,5H2,1H3. The Morgan fingerprint density at radius 2 is 1.75 bits per heavy atom. The number of aromatic nitrogens is 1. The third kappa shape index (κ3) is 4.13. The van der Waals surface area contributed by atoms with Crippen molar-refractivity contribution >= 4 is 10.8 Å². The molecule has 1 unspecified atom stereocenters. The van der Waals surface area contributed by atoms with Gasteiger partial charge in [-0.2, -0.15) is 26.3 Å². The molecule has 0 fully saturated rings. The molecule has 1 aromatic heterocycles. The Balaban J connectivity index is 2.47. The van der Waals surface area contributed by atoms with Crippen LogP contribution < -0.4 is 0 Å². The van der Waals surface area contributed by atoms with Crippen molar-refractivity contribution in [1.29, 1.82) is 0 Å². The van der Waals surface area contributed by atoms with E-state index in [0.717, 1.165) is 12.1 Å². The highest BCUT2D eigenvalue weighted by Gasteiger charge is 2.37. The van der Waals surface area contributed by atoms with Gasteiger partial charge in [0, 0.05) is 16.5 Å². The van der Waals surface area contributed by atoms with Gasteiger partial charge in [-0.1, -0.05) is 5.16 Å². The van der Waals surface area contributed by atoms with Crippen LogP contribution in [0.5, 0.6) is 0 Å². The molecule has 132 valence electrons. The van der Waals surface area contributed by atoms with Gasteiger partial charge in [0.1, 0.15) is 17.3 Å². The number of benzene rings is 1. The molecule has 0 saturated heterocycles. The lowest BCUT2D eigenvalue weighted by Crippen LogP contribution is -2.18. The molecule has 11 heteroatoms. The second-order valence-corrected chi connectivity index (χ2v) is 6.23. The fraction of sp³-hybridized carbons (Fsp3) is 0.308. The Labute approximate surface area is 132 Å². The molecule has 0 aliphatic heterocycles. The van der Waals surface area contributed by atoms with Crippen LogP contribution in [-0.4, -0.2) is 21.3 Å². The van der Waals surface area contributed by atoms with Crippen LogP contribution in [0.4, 0.5) is 30.7 Å². The lowest BCUT2D eigenvalue weighted by Gasteiger charge is -2.09. The minimum atomic E-state index is -4.85. The molecule has 0 N–H and O–H groups in total. The number of alkyl halides is 6. The molecule has 3 nitrogen and oxygen atoms in total. The van der Waals surface area contributed by atoms with E-state index in [2.05, 4.69) is 9.68 Å². The first-order valence-corrected chi connectivity index (χ1v) is 7.50. The van der Waals surface area contributed by atoms with Gasteiger partial charge in [0.25, 0.3) is 0 Å². The van der Waals surface area contributed by atoms with E-state index in [9.17, 15) is 34.9 Å². The van der Waals surface area contributed by atoms with E-state index in [1.807, 2.05) is 0 Å². The maximum Gasteiger partial charge on any atom is 0.452 e. The Kier molecular flexibility index (Phi) is 4.75. The SMILES string of the molecule is Cc1cc(S(=O)CC(F)(F)F)cc(-c2cc(C(F)(F)F)on2)c1F. The van der Waals surface area contributed by atoms with Crippen LogP contribution in [-0.2, 0) is 17.0 Å². The molecule has 0 aliphatic rings. The number of aryl methyl sites for hydroxylation is 1. The zero-order valence-electron chi connectivity index (χ0n) is 11.8. The highest BCUT2D eigenvalue weighted by molar-refractivity contribution is 7.85. The van der Waals surface area contributed by atoms with Gasteiger partial charge in [-0.05, 0) is 24.6 Å². The molecule has 0 radical (unpaired) electrons. The smallest absolute Gasteiger partial charge is 0.351 e. The minimum absolute atomic E-state index is 0.186. The molecule has 2 rings (SSSR count). The first kappa shape index (κ1) is 18.4. The predicted molar refractivity (Wildman–Crippen MR) is 69.0 cm³/mol. The quantitative estimate of drug-likeness (QED) is 0.743. The van der Waals surface area contributed by atoms with Crippen LogP contribution in [0, 0.1) is 12.7 Å². The minimum Gasteiger partial charge on any atom is -0.351 e. The normalized spacial score (nSPS) is 14.0. The summed E-state index contributed by atoms with van der Waals surface area (Å²) in [5, 5.41) is 3.07. The number of halogens is 7. The van der Waals surface area contributed by atoms with Crippen LogP contribution in [0.15, 0.2) is 27.6 Å². The van der Waals surface area contributed by atoms with Crippen molar-refractivity contribution < 1.29 is 39.5 Å². The summed E-state index contributed by atoms with van der Waals surface area (Å²) in [4.78, 5) is -0.377. The second kappa shape index (κ2) is 6.19. The van der Waals surface area contributed by atoms with Crippen molar-refractivity contribution in [3.05, 3.63) is 35.3 Å². The zero-order chi connectivity index (χ0) is 18.3. The first-order valence-electron chi connectivity index (χ1n) is 6.18. The molecule has 1 heterocycles. The van der Waals surface area contributed by atoms with Gasteiger partial charge < -0.3 is 4.52 Å². The highest BCUT2D eigenvalue weighted by atomic mass is 32.2. The van der Waals surface area contributed by atoms with E-state index >= 15 is 0 Å². The van der Waals surface area contributed by atoms with Crippen LogP contribution in [0.2, 0.25) is 0 Å². The number of nitrogens with zero attached hydrogens (tertiary/aromatic N) is 1. The zero-order valence-corrected chi connectivity index (χ0v) is 12.6. The maximum absolute atomic E-state index is 14.1. The van der Waals surface area contributed by atoms with Crippen molar-refractivity contribution in [1.82, 2.24) is 5.16 Å². The van der Waals surface area contributed by atoms with Gasteiger partial charge in [-0.25, -0.2) is 4.39 Å². The van der Waals surface area contributed by atoms with Crippen LogP contribution >= 0.6 is 0 Å². The number of hydrogen-bond acceptors (Lipinski definition) is 3. The van der Waals surface area contributed by atoms with E-state index in [1.165, 1.54) is 6.92 Å². The molecule has 24 heavy (non-hydrogen) atoms. The Bertz CT molecular complexity index is 780. The molecule has 0 saturated carbocycles. The first-order chi connectivity index (χ1) is 10.9. The van der Waals surface area contributed by atoms with Crippen molar-refractivity contribution in [2.45, 2.75) is 24.2 Å². The van der Waals surface area contributed by atoms with Gasteiger partial charge in [0.2, 0.25) is 5.76 Å². The summed E-state index contributed by atoms with van der Waals surface area (Å²) < 4.78 is 104. The monoisotopic (exact) mass is 375 g/mol. The van der Waals surface area contributed by atoms with Gasteiger partial charge in [0.05, 0.1) is 10.8 Å². The lowest BCUT2D eigenvalue weighted by atomic mass is 10.1. The van der Waals surface area contributed by atoms with E-state index in [-0.39, 0.29) is 10.5 Å². The van der Waals surface area contributed by atoms with Crippen molar-refractivity contribution in [3.8, 4) is 11.3 Å². The average molecular weight is 375 g/mol. The van der Waals surface area contributed by atoms with Gasteiger partial charge in [-0.15, -0.1) is 0 Å². The molecule has 2 aromatic rings. The Morgan fingerprint density at radius 1 is 1.12 bits per heavy atom. The maximum atomic E-state index is 14.1. The summed E-state index contributed by atoms with van der Waals surface area (Å²) >= 11 is 0. The number of rotatable bonds is 3. The largest absolute Gasteiger partial charge is 0.452 e. The Morgan fingerprint density at radius 3 is 2.25 bits per heavy atom. The fourth-order valence-electron chi connectivity index (χ4n) is 1.82. The number of hydrogen-bond donors (Lipinski definition) is 0. The summed E-state index contributed by atoms with van der Waals surface area (Å²) in [6, 6.07) is 2.11. The molecular formula is C13H8F7NO2S. The summed E-state index contributed by atoms with van der Waals surface area (Å²) in [7, 11) is -2.54.